The quantitative estimate of drug-likeness (QED) is 0.801. The predicted octanol–water partition coefficient (Wildman–Crippen LogP) is 2.28. The molecule has 1 aromatic carbocycles. The second kappa shape index (κ2) is 6.27. The van der Waals surface area contributed by atoms with Crippen LogP contribution in [0.4, 0.5) is 10.1 Å². The van der Waals surface area contributed by atoms with Crippen molar-refractivity contribution < 1.29 is 13.6 Å². The first-order chi connectivity index (χ1) is 11.1. The average molecular weight is 313 g/mol. The molecule has 116 valence electrons. The molecule has 0 saturated heterocycles. The van der Waals surface area contributed by atoms with E-state index in [0.29, 0.717) is 11.5 Å². The number of hydrogen-bond donors (Lipinski definition) is 1. The summed E-state index contributed by atoms with van der Waals surface area (Å²) in [4.78, 5) is 23.8. The molecule has 3 aromatic rings. The molecule has 1 amide bonds. The monoisotopic (exact) mass is 313 g/mol. The van der Waals surface area contributed by atoms with Crippen LogP contribution in [0.5, 0.6) is 0 Å². The fourth-order valence-electron chi connectivity index (χ4n) is 2.01. The van der Waals surface area contributed by atoms with Gasteiger partial charge in [0.2, 0.25) is 5.91 Å². The van der Waals surface area contributed by atoms with Gasteiger partial charge in [-0.2, -0.15) is 5.10 Å². The molecule has 0 unspecified atom stereocenters. The van der Waals surface area contributed by atoms with Crippen LogP contribution in [0.1, 0.15) is 0 Å². The molecular weight excluding hydrogens is 301 g/mol. The van der Waals surface area contributed by atoms with Crippen LogP contribution in [0.25, 0.3) is 11.5 Å². The van der Waals surface area contributed by atoms with Gasteiger partial charge in [0.25, 0.3) is 5.56 Å². The van der Waals surface area contributed by atoms with E-state index in [4.69, 9.17) is 4.42 Å². The van der Waals surface area contributed by atoms with E-state index in [1.165, 1.54) is 36.6 Å². The third-order valence-corrected chi connectivity index (χ3v) is 3.08. The van der Waals surface area contributed by atoms with Crippen LogP contribution in [0.15, 0.2) is 64.0 Å². The van der Waals surface area contributed by atoms with Crippen LogP contribution < -0.4 is 10.9 Å². The van der Waals surface area contributed by atoms with Crippen molar-refractivity contribution in [3.8, 4) is 11.5 Å². The number of para-hydroxylation sites is 1. The Morgan fingerprint density at radius 1 is 1.17 bits per heavy atom. The fourth-order valence-corrected chi connectivity index (χ4v) is 2.01. The number of anilines is 1. The summed E-state index contributed by atoms with van der Waals surface area (Å²) in [5.41, 5.74) is 0.0324. The summed E-state index contributed by atoms with van der Waals surface area (Å²) in [6.45, 7) is -0.332. The van der Waals surface area contributed by atoms with Crippen molar-refractivity contribution in [3.63, 3.8) is 0 Å². The van der Waals surface area contributed by atoms with E-state index >= 15 is 0 Å². The molecule has 3 rings (SSSR count). The largest absolute Gasteiger partial charge is 0.463 e. The molecule has 2 heterocycles. The number of halogens is 1. The molecule has 0 bridgehead atoms. The van der Waals surface area contributed by atoms with E-state index in [1.807, 2.05) is 0 Å². The van der Waals surface area contributed by atoms with Gasteiger partial charge in [-0.1, -0.05) is 12.1 Å². The maximum atomic E-state index is 13.5. The number of furan rings is 1. The van der Waals surface area contributed by atoms with Crippen molar-refractivity contribution >= 4 is 11.6 Å². The minimum absolute atomic E-state index is 0.0488. The Hall–Kier alpha value is -3.22. The summed E-state index contributed by atoms with van der Waals surface area (Å²) in [6, 6.07) is 12.0. The topological polar surface area (TPSA) is 77.1 Å². The molecule has 1 N–H and O–H groups in total. The zero-order valence-electron chi connectivity index (χ0n) is 11.9. The van der Waals surface area contributed by atoms with Gasteiger partial charge in [0, 0.05) is 6.07 Å². The lowest BCUT2D eigenvalue weighted by molar-refractivity contribution is -0.117. The molecule has 7 heteroatoms. The molecular formula is C16H12FN3O3. The number of benzene rings is 1. The van der Waals surface area contributed by atoms with E-state index in [2.05, 4.69) is 10.4 Å². The molecule has 0 saturated carbocycles. The van der Waals surface area contributed by atoms with Crippen LogP contribution in [-0.2, 0) is 11.3 Å². The van der Waals surface area contributed by atoms with E-state index in [9.17, 15) is 14.0 Å². The van der Waals surface area contributed by atoms with Gasteiger partial charge in [-0.25, -0.2) is 9.07 Å². The highest BCUT2D eigenvalue weighted by molar-refractivity contribution is 5.90. The van der Waals surface area contributed by atoms with Gasteiger partial charge < -0.3 is 9.73 Å². The van der Waals surface area contributed by atoms with Crippen molar-refractivity contribution in [2.45, 2.75) is 6.54 Å². The molecule has 0 radical (unpaired) electrons. The van der Waals surface area contributed by atoms with Crippen LogP contribution in [-0.4, -0.2) is 15.7 Å². The van der Waals surface area contributed by atoms with Crippen LogP contribution in [0.3, 0.4) is 0 Å². The Labute approximate surface area is 130 Å². The first kappa shape index (κ1) is 14.7. The Kier molecular flexibility index (Phi) is 4.01. The highest BCUT2D eigenvalue weighted by atomic mass is 19.1. The van der Waals surface area contributed by atoms with Crippen molar-refractivity contribution in [1.29, 1.82) is 0 Å². The third-order valence-electron chi connectivity index (χ3n) is 3.08. The van der Waals surface area contributed by atoms with E-state index < -0.39 is 17.3 Å². The number of carbonyl (C=O) groups excluding carboxylic acids is 1. The van der Waals surface area contributed by atoms with Gasteiger partial charge in [0.1, 0.15) is 18.1 Å². The lowest BCUT2D eigenvalue weighted by Gasteiger charge is -2.08. The van der Waals surface area contributed by atoms with Gasteiger partial charge in [0.15, 0.2) is 5.76 Å². The van der Waals surface area contributed by atoms with Gasteiger partial charge >= 0.3 is 0 Å². The lowest BCUT2D eigenvalue weighted by atomic mass is 10.3. The third kappa shape index (κ3) is 3.34. The Bertz CT molecular complexity index is 888. The summed E-state index contributed by atoms with van der Waals surface area (Å²) < 4.78 is 19.7. The molecule has 0 atom stereocenters. The van der Waals surface area contributed by atoms with Crippen LogP contribution in [0.2, 0.25) is 0 Å². The highest BCUT2D eigenvalue weighted by Crippen LogP contribution is 2.15. The normalized spacial score (nSPS) is 10.5. The van der Waals surface area contributed by atoms with Crippen molar-refractivity contribution in [2.24, 2.45) is 0 Å². The summed E-state index contributed by atoms with van der Waals surface area (Å²) >= 11 is 0. The molecule has 0 fully saturated rings. The van der Waals surface area contributed by atoms with E-state index in [-0.39, 0.29) is 12.2 Å². The fraction of sp³-hybridized carbons (Fsp3) is 0.0625. The summed E-state index contributed by atoms with van der Waals surface area (Å²) in [5, 5.41) is 6.48. The molecule has 0 spiro atoms. The van der Waals surface area contributed by atoms with Crippen molar-refractivity contribution in [2.75, 3.05) is 5.32 Å². The van der Waals surface area contributed by atoms with Crippen LogP contribution in [0, 0.1) is 5.82 Å². The molecule has 2 aromatic heterocycles. The zero-order valence-corrected chi connectivity index (χ0v) is 11.9. The Morgan fingerprint density at radius 3 is 2.74 bits per heavy atom. The minimum atomic E-state index is -0.554. The van der Waals surface area contributed by atoms with Crippen LogP contribution >= 0.6 is 0 Å². The second-order valence-electron chi connectivity index (χ2n) is 4.72. The zero-order chi connectivity index (χ0) is 16.2. The highest BCUT2D eigenvalue weighted by Gasteiger charge is 2.11. The number of nitrogens with one attached hydrogen (secondary N) is 1. The Balaban J connectivity index is 1.80. The SMILES string of the molecule is O=C(Cn1nc(-c2ccco2)ccc1=O)Nc1ccccc1F. The number of hydrogen-bond acceptors (Lipinski definition) is 4. The number of nitrogens with zero attached hydrogens (tertiary/aromatic N) is 2. The summed E-state index contributed by atoms with van der Waals surface area (Å²) in [5.74, 6) is -0.625. The first-order valence-corrected chi connectivity index (χ1v) is 6.80. The molecule has 0 aliphatic heterocycles. The average Bonchev–Trinajstić information content (AvgIpc) is 3.06. The van der Waals surface area contributed by atoms with Gasteiger partial charge in [-0.05, 0) is 30.3 Å². The number of aromatic nitrogens is 2. The molecule has 6 nitrogen and oxygen atoms in total. The van der Waals surface area contributed by atoms with E-state index in [0.717, 1.165) is 4.68 Å². The lowest BCUT2D eigenvalue weighted by Crippen LogP contribution is -2.29. The van der Waals surface area contributed by atoms with Crippen molar-refractivity contribution in [3.05, 3.63) is 71.0 Å². The van der Waals surface area contributed by atoms with Gasteiger partial charge in [0.05, 0.1) is 12.0 Å². The smallest absolute Gasteiger partial charge is 0.267 e. The van der Waals surface area contributed by atoms with Crippen molar-refractivity contribution in [1.82, 2.24) is 9.78 Å². The molecule has 0 aliphatic rings. The maximum Gasteiger partial charge on any atom is 0.267 e. The molecule has 23 heavy (non-hydrogen) atoms. The van der Waals surface area contributed by atoms with Gasteiger partial charge in [-0.15, -0.1) is 0 Å². The molecule has 0 aliphatic carbocycles. The minimum Gasteiger partial charge on any atom is -0.463 e. The van der Waals surface area contributed by atoms with E-state index in [1.54, 1.807) is 18.2 Å². The number of carbonyl (C=O) groups is 1. The standard InChI is InChI=1S/C16H12FN3O3/c17-11-4-1-2-5-12(11)18-15(21)10-20-16(22)8-7-13(19-20)14-6-3-9-23-14/h1-9H,10H2,(H,18,21). The first-order valence-electron chi connectivity index (χ1n) is 6.80. The maximum absolute atomic E-state index is 13.5. The summed E-state index contributed by atoms with van der Waals surface area (Å²) in [7, 11) is 0. The second-order valence-corrected chi connectivity index (χ2v) is 4.72. The summed E-state index contributed by atoms with van der Waals surface area (Å²) in [6.07, 6.45) is 1.48. The van der Waals surface area contributed by atoms with Gasteiger partial charge in [-0.3, -0.25) is 9.59 Å². The Morgan fingerprint density at radius 2 is 2.00 bits per heavy atom. The predicted molar refractivity (Wildman–Crippen MR) is 81.2 cm³/mol. The number of rotatable bonds is 4. The number of amides is 1.